The molecular weight excluding hydrogens is 270 g/mol. The van der Waals surface area contributed by atoms with Crippen LogP contribution < -0.4 is 5.32 Å². The van der Waals surface area contributed by atoms with E-state index in [0.29, 0.717) is 5.75 Å². The third-order valence-electron chi connectivity index (χ3n) is 3.10. The van der Waals surface area contributed by atoms with Gasteiger partial charge in [0.05, 0.1) is 5.75 Å². The first-order valence-corrected chi connectivity index (χ1v) is 7.60. The van der Waals surface area contributed by atoms with Gasteiger partial charge < -0.3 is 9.88 Å². The molecule has 1 aromatic heterocycles. The minimum Gasteiger partial charge on any atom is -0.326 e. The lowest BCUT2D eigenvalue weighted by atomic mass is 10.1. The van der Waals surface area contributed by atoms with Crippen molar-refractivity contribution in [3.05, 3.63) is 41.7 Å². The third-order valence-corrected chi connectivity index (χ3v) is 4.10. The molecule has 0 saturated heterocycles. The van der Waals surface area contributed by atoms with Gasteiger partial charge in [-0.3, -0.25) is 4.79 Å². The zero-order chi connectivity index (χ0) is 14.5. The fourth-order valence-corrected chi connectivity index (χ4v) is 2.82. The number of benzene rings is 1. The number of aromatic nitrogens is 2. The van der Waals surface area contributed by atoms with Gasteiger partial charge in [-0.25, -0.2) is 4.98 Å². The van der Waals surface area contributed by atoms with Crippen molar-refractivity contribution in [1.82, 2.24) is 9.55 Å². The highest BCUT2D eigenvalue weighted by atomic mass is 32.2. The van der Waals surface area contributed by atoms with Gasteiger partial charge in [-0.2, -0.15) is 0 Å². The number of rotatable bonds is 5. The summed E-state index contributed by atoms with van der Waals surface area (Å²) in [6.45, 7) is 6.92. The van der Waals surface area contributed by atoms with Crippen molar-refractivity contribution < 1.29 is 4.79 Å². The zero-order valence-electron chi connectivity index (χ0n) is 12.0. The fourth-order valence-electron chi connectivity index (χ4n) is 1.99. The molecule has 5 heteroatoms. The lowest BCUT2D eigenvalue weighted by Crippen LogP contribution is -2.16. The van der Waals surface area contributed by atoms with Gasteiger partial charge in [-0.15, -0.1) is 0 Å². The van der Waals surface area contributed by atoms with Gasteiger partial charge >= 0.3 is 0 Å². The Hall–Kier alpha value is -1.75. The van der Waals surface area contributed by atoms with Gasteiger partial charge in [0.25, 0.3) is 0 Å². The second-order valence-electron chi connectivity index (χ2n) is 4.60. The quantitative estimate of drug-likeness (QED) is 0.859. The highest BCUT2D eigenvalue weighted by Crippen LogP contribution is 2.21. The third kappa shape index (κ3) is 3.42. The lowest BCUT2D eigenvalue weighted by molar-refractivity contribution is -0.113. The SMILES string of the molecule is CCn1ccnc1SCC(=O)Nc1c(C)cccc1C. The van der Waals surface area contributed by atoms with Gasteiger partial charge in [-0.05, 0) is 31.9 Å². The maximum atomic E-state index is 12.0. The van der Waals surface area contributed by atoms with Crippen LogP contribution in [0.2, 0.25) is 0 Å². The van der Waals surface area contributed by atoms with E-state index in [1.54, 1.807) is 6.20 Å². The van der Waals surface area contributed by atoms with E-state index in [9.17, 15) is 4.79 Å². The van der Waals surface area contributed by atoms with Crippen molar-refractivity contribution in [2.45, 2.75) is 32.5 Å². The van der Waals surface area contributed by atoms with Crippen LogP contribution in [0, 0.1) is 13.8 Å². The van der Waals surface area contributed by atoms with Crippen molar-refractivity contribution in [1.29, 1.82) is 0 Å². The standard InChI is InChI=1S/C15H19N3OS/c1-4-18-9-8-16-15(18)20-10-13(19)17-14-11(2)6-5-7-12(14)3/h5-9H,4,10H2,1-3H3,(H,17,19). The van der Waals surface area contributed by atoms with Crippen LogP contribution in [-0.2, 0) is 11.3 Å². The first kappa shape index (κ1) is 14.7. The minimum atomic E-state index is -0.00180. The lowest BCUT2D eigenvalue weighted by Gasteiger charge is -2.11. The average molecular weight is 289 g/mol. The summed E-state index contributed by atoms with van der Waals surface area (Å²) in [4.78, 5) is 16.3. The number of para-hydroxylation sites is 1. The largest absolute Gasteiger partial charge is 0.326 e. The Morgan fingerprint density at radius 2 is 2.05 bits per heavy atom. The molecule has 0 aliphatic heterocycles. The zero-order valence-corrected chi connectivity index (χ0v) is 12.8. The monoisotopic (exact) mass is 289 g/mol. The van der Waals surface area contributed by atoms with Crippen LogP contribution >= 0.6 is 11.8 Å². The molecule has 1 N–H and O–H groups in total. The Labute approximate surface area is 123 Å². The van der Waals surface area contributed by atoms with Gasteiger partial charge in [0.2, 0.25) is 5.91 Å². The van der Waals surface area contributed by atoms with Gasteiger partial charge in [0.15, 0.2) is 5.16 Å². The predicted octanol–water partition coefficient (Wildman–Crippen LogP) is 3.25. The summed E-state index contributed by atoms with van der Waals surface area (Å²) in [7, 11) is 0. The Balaban J connectivity index is 1.96. The number of nitrogens with one attached hydrogen (secondary N) is 1. The number of amides is 1. The Morgan fingerprint density at radius 3 is 2.70 bits per heavy atom. The van der Waals surface area contributed by atoms with E-state index in [4.69, 9.17) is 0 Å². The summed E-state index contributed by atoms with van der Waals surface area (Å²) in [5.74, 6) is 0.364. The molecule has 4 nitrogen and oxygen atoms in total. The van der Waals surface area contributed by atoms with Crippen LogP contribution in [0.1, 0.15) is 18.1 Å². The predicted molar refractivity (Wildman–Crippen MR) is 83.2 cm³/mol. The molecule has 0 unspecified atom stereocenters. The normalized spacial score (nSPS) is 10.6. The first-order valence-electron chi connectivity index (χ1n) is 6.61. The second kappa shape index (κ2) is 6.61. The van der Waals surface area contributed by atoms with Crippen LogP contribution in [0.15, 0.2) is 35.7 Å². The van der Waals surface area contributed by atoms with E-state index in [1.807, 2.05) is 42.8 Å². The van der Waals surface area contributed by atoms with E-state index in [2.05, 4.69) is 17.2 Å². The molecule has 20 heavy (non-hydrogen) atoms. The molecule has 0 spiro atoms. The fraction of sp³-hybridized carbons (Fsp3) is 0.333. The molecule has 1 amide bonds. The summed E-state index contributed by atoms with van der Waals surface area (Å²) in [5, 5.41) is 3.86. The average Bonchev–Trinajstić information content (AvgIpc) is 2.88. The number of carbonyl (C=O) groups excluding carboxylic acids is 1. The maximum Gasteiger partial charge on any atom is 0.234 e. The number of hydrogen-bond donors (Lipinski definition) is 1. The van der Waals surface area contributed by atoms with Crippen molar-refractivity contribution in [3.8, 4) is 0 Å². The van der Waals surface area contributed by atoms with Gasteiger partial charge in [0, 0.05) is 24.6 Å². The number of thioether (sulfide) groups is 1. The highest BCUT2D eigenvalue weighted by molar-refractivity contribution is 7.99. The van der Waals surface area contributed by atoms with E-state index in [0.717, 1.165) is 28.5 Å². The molecule has 1 aromatic carbocycles. The topological polar surface area (TPSA) is 46.9 Å². The minimum absolute atomic E-state index is 0.00180. The molecule has 2 rings (SSSR count). The van der Waals surface area contributed by atoms with Crippen molar-refractivity contribution >= 4 is 23.4 Å². The van der Waals surface area contributed by atoms with Crippen LogP contribution in [0.3, 0.4) is 0 Å². The Morgan fingerprint density at radius 1 is 1.35 bits per heavy atom. The highest BCUT2D eigenvalue weighted by Gasteiger charge is 2.09. The summed E-state index contributed by atoms with van der Waals surface area (Å²) in [5.41, 5.74) is 3.08. The van der Waals surface area contributed by atoms with Gasteiger partial charge in [-0.1, -0.05) is 30.0 Å². The molecular formula is C15H19N3OS. The Kier molecular flexibility index (Phi) is 4.84. The van der Waals surface area contributed by atoms with Crippen LogP contribution in [0.5, 0.6) is 0 Å². The van der Waals surface area contributed by atoms with Crippen LogP contribution in [-0.4, -0.2) is 21.2 Å². The molecule has 1 heterocycles. The van der Waals surface area contributed by atoms with Gasteiger partial charge in [0.1, 0.15) is 0 Å². The van der Waals surface area contributed by atoms with E-state index < -0.39 is 0 Å². The molecule has 0 aliphatic rings. The smallest absolute Gasteiger partial charge is 0.234 e. The number of imidazole rings is 1. The number of carbonyl (C=O) groups is 1. The second-order valence-corrected chi connectivity index (χ2v) is 5.54. The first-order chi connectivity index (χ1) is 9.61. The number of aryl methyl sites for hydroxylation is 3. The molecule has 0 radical (unpaired) electrons. The van der Waals surface area contributed by atoms with E-state index in [1.165, 1.54) is 11.8 Å². The molecule has 0 aliphatic carbocycles. The van der Waals surface area contributed by atoms with Crippen LogP contribution in [0.4, 0.5) is 5.69 Å². The van der Waals surface area contributed by atoms with E-state index >= 15 is 0 Å². The molecule has 106 valence electrons. The summed E-state index contributed by atoms with van der Waals surface area (Å²) < 4.78 is 2.02. The molecule has 0 bridgehead atoms. The van der Waals surface area contributed by atoms with Crippen molar-refractivity contribution in [2.75, 3.05) is 11.1 Å². The maximum absolute atomic E-state index is 12.0. The van der Waals surface area contributed by atoms with Crippen LogP contribution in [0.25, 0.3) is 0 Å². The summed E-state index contributed by atoms with van der Waals surface area (Å²) in [6, 6.07) is 5.99. The van der Waals surface area contributed by atoms with Crippen molar-refractivity contribution in [3.63, 3.8) is 0 Å². The Bertz CT molecular complexity index is 587. The number of hydrogen-bond acceptors (Lipinski definition) is 3. The summed E-state index contributed by atoms with van der Waals surface area (Å²) in [6.07, 6.45) is 3.68. The van der Waals surface area contributed by atoms with E-state index in [-0.39, 0.29) is 5.91 Å². The van der Waals surface area contributed by atoms with Crippen molar-refractivity contribution in [2.24, 2.45) is 0 Å². The molecule has 2 aromatic rings. The molecule has 0 saturated carbocycles. The molecule has 0 atom stereocenters. The number of nitrogens with zero attached hydrogens (tertiary/aromatic N) is 2. The number of anilines is 1. The summed E-state index contributed by atoms with van der Waals surface area (Å²) >= 11 is 1.46. The molecule has 0 fully saturated rings.